The molecule has 34 heavy (non-hydrogen) atoms. The topological polar surface area (TPSA) is 109 Å². The van der Waals surface area contributed by atoms with Crippen LogP contribution in [0.1, 0.15) is 37.0 Å². The van der Waals surface area contributed by atoms with Crippen LogP contribution in [0.15, 0.2) is 36.4 Å². The predicted octanol–water partition coefficient (Wildman–Crippen LogP) is 3.00. The number of benzene rings is 2. The predicted molar refractivity (Wildman–Crippen MR) is 128 cm³/mol. The van der Waals surface area contributed by atoms with Crippen LogP contribution in [-0.2, 0) is 4.79 Å². The molecular formula is C25H30N4O5. The van der Waals surface area contributed by atoms with Gasteiger partial charge in [-0.15, -0.1) is 0 Å². The minimum atomic E-state index is -0.656. The second-order valence-electron chi connectivity index (χ2n) is 8.82. The molecule has 0 saturated carbocycles. The summed E-state index contributed by atoms with van der Waals surface area (Å²) in [5.41, 5.74) is 2.50. The number of carbonyl (C=O) groups excluding carboxylic acids is 3. The molecule has 0 spiro atoms. The Morgan fingerprint density at radius 2 is 1.88 bits per heavy atom. The molecule has 2 aliphatic rings. The summed E-state index contributed by atoms with van der Waals surface area (Å²) >= 11 is 0. The largest absolute Gasteiger partial charge is 0.497 e. The van der Waals surface area contributed by atoms with Crippen molar-refractivity contribution in [3.05, 3.63) is 42.0 Å². The second kappa shape index (κ2) is 9.62. The van der Waals surface area contributed by atoms with E-state index in [0.717, 1.165) is 11.1 Å². The minimum absolute atomic E-state index is 0.0101. The van der Waals surface area contributed by atoms with Crippen molar-refractivity contribution in [2.75, 3.05) is 26.1 Å². The van der Waals surface area contributed by atoms with Crippen LogP contribution in [0, 0.1) is 0 Å². The molecule has 1 fully saturated rings. The second-order valence-corrected chi connectivity index (χ2v) is 8.82. The lowest BCUT2D eigenvalue weighted by Gasteiger charge is -2.37. The van der Waals surface area contributed by atoms with Crippen LogP contribution in [0.3, 0.4) is 0 Å². The van der Waals surface area contributed by atoms with Crippen LogP contribution in [0.4, 0.5) is 10.5 Å². The van der Waals surface area contributed by atoms with Gasteiger partial charge in [-0.05, 0) is 56.5 Å². The first-order valence-electron chi connectivity index (χ1n) is 11.4. The van der Waals surface area contributed by atoms with Crippen LogP contribution in [-0.4, -0.2) is 61.6 Å². The Labute approximate surface area is 198 Å². The maximum Gasteiger partial charge on any atom is 0.315 e. The van der Waals surface area contributed by atoms with Crippen molar-refractivity contribution in [3.8, 4) is 22.6 Å². The molecule has 0 bridgehead atoms. The highest BCUT2D eigenvalue weighted by atomic mass is 16.5. The number of amides is 4. The fourth-order valence-electron chi connectivity index (χ4n) is 4.48. The molecule has 180 valence electrons. The van der Waals surface area contributed by atoms with E-state index in [4.69, 9.17) is 9.47 Å². The number of piperidine rings is 1. The number of nitrogens with zero attached hydrogens (tertiary/aromatic N) is 1. The number of methoxy groups -OCH3 is 2. The molecular weight excluding hydrogens is 436 g/mol. The minimum Gasteiger partial charge on any atom is -0.497 e. The Morgan fingerprint density at radius 1 is 1.09 bits per heavy atom. The van der Waals surface area contributed by atoms with Gasteiger partial charge in [-0.1, -0.05) is 6.07 Å². The van der Waals surface area contributed by atoms with E-state index in [1.165, 1.54) is 0 Å². The van der Waals surface area contributed by atoms with Crippen molar-refractivity contribution in [3.63, 3.8) is 0 Å². The van der Waals surface area contributed by atoms with E-state index in [-0.39, 0.29) is 29.9 Å². The summed E-state index contributed by atoms with van der Waals surface area (Å²) in [5, 5.41) is 8.62. The zero-order valence-corrected chi connectivity index (χ0v) is 19.8. The zero-order chi connectivity index (χ0) is 24.4. The molecule has 4 rings (SSSR count). The molecule has 0 unspecified atom stereocenters. The van der Waals surface area contributed by atoms with Gasteiger partial charge in [-0.2, -0.15) is 0 Å². The maximum atomic E-state index is 13.5. The van der Waals surface area contributed by atoms with Crippen molar-refractivity contribution >= 4 is 23.5 Å². The van der Waals surface area contributed by atoms with Crippen molar-refractivity contribution in [1.29, 1.82) is 0 Å². The summed E-state index contributed by atoms with van der Waals surface area (Å²) in [6.07, 6.45) is 0.929. The summed E-state index contributed by atoms with van der Waals surface area (Å²) in [6, 6.07) is 9.76. The first-order chi connectivity index (χ1) is 16.3. The lowest BCUT2D eigenvalue weighted by molar-refractivity contribution is -0.121. The van der Waals surface area contributed by atoms with Gasteiger partial charge in [0.1, 0.15) is 17.5 Å². The van der Waals surface area contributed by atoms with Crippen LogP contribution in [0.5, 0.6) is 11.5 Å². The van der Waals surface area contributed by atoms with E-state index in [2.05, 4.69) is 16.0 Å². The Hall–Kier alpha value is -3.75. The fraction of sp³-hybridized carbons (Fsp3) is 0.400. The molecule has 3 N–H and O–H groups in total. The molecule has 2 atom stereocenters. The third-order valence-electron chi connectivity index (χ3n) is 6.15. The van der Waals surface area contributed by atoms with Gasteiger partial charge in [-0.3, -0.25) is 9.59 Å². The number of anilines is 1. The summed E-state index contributed by atoms with van der Waals surface area (Å²) in [4.78, 5) is 40.3. The third-order valence-corrected chi connectivity index (χ3v) is 6.15. The number of hydrogen-bond donors (Lipinski definition) is 3. The number of carbonyl (C=O) groups is 3. The van der Waals surface area contributed by atoms with Crippen LogP contribution >= 0.6 is 0 Å². The first kappa shape index (κ1) is 23.4. The molecule has 2 aliphatic heterocycles. The molecule has 0 aromatic heterocycles. The lowest BCUT2D eigenvalue weighted by atomic mass is 9.96. The van der Waals surface area contributed by atoms with E-state index in [1.807, 2.05) is 32.0 Å². The smallest absolute Gasteiger partial charge is 0.315 e. The average molecular weight is 467 g/mol. The van der Waals surface area contributed by atoms with Gasteiger partial charge < -0.3 is 30.3 Å². The number of urea groups is 1. The molecule has 2 aromatic rings. The van der Waals surface area contributed by atoms with Crippen molar-refractivity contribution in [1.82, 2.24) is 15.5 Å². The van der Waals surface area contributed by atoms with Gasteiger partial charge in [0.15, 0.2) is 0 Å². The lowest BCUT2D eigenvalue weighted by Crippen LogP contribution is -2.56. The SMILES string of the molecule is COc1ccc(-c2ccc3c(c2)C(=O)N2CC[C@H](NC(=O)NC(C)C)C[C@H]2C(=O)N3)c(OC)c1. The van der Waals surface area contributed by atoms with Gasteiger partial charge in [0.05, 0.1) is 25.5 Å². The van der Waals surface area contributed by atoms with Crippen LogP contribution < -0.4 is 25.4 Å². The summed E-state index contributed by atoms with van der Waals surface area (Å²) in [6.45, 7) is 4.14. The number of rotatable bonds is 5. The summed E-state index contributed by atoms with van der Waals surface area (Å²) in [5.74, 6) is 0.823. The van der Waals surface area contributed by atoms with E-state index < -0.39 is 6.04 Å². The van der Waals surface area contributed by atoms with Crippen molar-refractivity contribution < 1.29 is 23.9 Å². The number of fused-ring (bicyclic) bond motifs is 2. The van der Waals surface area contributed by atoms with Gasteiger partial charge in [0.25, 0.3) is 5.91 Å². The number of ether oxygens (including phenoxy) is 2. The molecule has 2 aromatic carbocycles. The third kappa shape index (κ3) is 4.64. The maximum absolute atomic E-state index is 13.5. The Balaban J connectivity index is 1.59. The highest BCUT2D eigenvalue weighted by molar-refractivity contribution is 6.10. The quantitative estimate of drug-likeness (QED) is 0.628. The van der Waals surface area contributed by atoms with Crippen LogP contribution in [0.25, 0.3) is 11.1 Å². The van der Waals surface area contributed by atoms with Gasteiger partial charge in [0, 0.05) is 30.3 Å². The molecule has 9 heteroatoms. The molecule has 0 aliphatic carbocycles. The van der Waals surface area contributed by atoms with Crippen molar-refractivity contribution in [2.45, 2.75) is 44.8 Å². The standard InChI is InChI=1S/C25H30N4O5/c1-14(2)26-25(32)27-16-9-10-29-21(12-16)23(30)28-20-8-5-15(11-19(20)24(29)31)18-7-6-17(33-3)13-22(18)34-4/h5-8,11,13-14,16,21H,9-10,12H2,1-4H3,(H,28,30)(H2,26,27,32)/t16-,21-/m0/s1. The van der Waals surface area contributed by atoms with Gasteiger partial charge in [0.2, 0.25) is 5.91 Å². The summed E-state index contributed by atoms with van der Waals surface area (Å²) < 4.78 is 10.8. The van der Waals surface area contributed by atoms with Crippen molar-refractivity contribution in [2.24, 2.45) is 0 Å². The fourth-order valence-corrected chi connectivity index (χ4v) is 4.48. The Bertz CT molecular complexity index is 1120. The van der Waals surface area contributed by atoms with E-state index >= 15 is 0 Å². The van der Waals surface area contributed by atoms with E-state index in [9.17, 15) is 14.4 Å². The summed E-state index contributed by atoms with van der Waals surface area (Å²) in [7, 11) is 3.17. The van der Waals surface area contributed by atoms with E-state index in [1.54, 1.807) is 37.3 Å². The molecule has 4 amide bonds. The molecule has 1 saturated heterocycles. The van der Waals surface area contributed by atoms with Gasteiger partial charge in [-0.25, -0.2) is 4.79 Å². The molecule has 0 radical (unpaired) electrons. The van der Waals surface area contributed by atoms with E-state index in [0.29, 0.717) is 42.1 Å². The normalized spacial score (nSPS) is 19.5. The highest BCUT2D eigenvalue weighted by Crippen LogP contribution is 2.36. The molecule has 9 nitrogen and oxygen atoms in total. The van der Waals surface area contributed by atoms with Gasteiger partial charge >= 0.3 is 6.03 Å². The zero-order valence-electron chi connectivity index (χ0n) is 19.8. The Kier molecular flexibility index (Phi) is 6.63. The first-order valence-corrected chi connectivity index (χ1v) is 11.4. The number of hydrogen-bond acceptors (Lipinski definition) is 5. The highest BCUT2D eigenvalue weighted by Gasteiger charge is 2.40. The van der Waals surface area contributed by atoms with Crippen LogP contribution in [0.2, 0.25) is 0 Å². The monoisotopic (exact) mass is 466 g/mol. The molecule has 2 heterocycles. The average Bonchev–Trinajstić information content (AvgIpc) is 2.92. The Morgan fingerprint density at radius 3 is 2.59 bits per heavy atom. The number of nitrogens with one attached hydrogen (secondary N) is 3.